The van der Waals surface area contributed by atoms with E-state index < -0.39 is 4.92 Å². The van der Waals surface area contributed by atoms with Crippen LogP contribution in [-0.4, -0.2) is 16.3 Å². The zero-order valence-corrected chi connectivity index (χ0v) is 12.2. The third-order valence-electron chi connectivity index (χ3n) is 3.11. The van der Waals surface area contributed by atoms with Crippen LogP contribution in [0.3, 0.4) is 0 Å². The number of allylic oxidation sites excluding steroid dienone is 2. The van der Waals surface area contributed by atoms with Gasteiger partial charge in [0.25, 0.3) is 5.69 Å². The number of nitro groups is 1. The maximum atomic E-state index is 10.9. The fourth-order valence-electron chi connectivity index (χ4n) is 2.04. The van der Waals surface area contributed by atoms with Crippen LogP contribution in [0.5, 0.6) is 0 Å². The zero-order chi connectivity index (χ0) is 15.1. The normalized spacial score (nSPS) is 17.6. The first-order valence-electron chi connectivity index (χ1n) is 6.65. The molecular formula is C14H16N4O2S. The summed E-state index contributed by atoms with van der Waals surface area (Å²) in [4.78, 5) is 10.4. The second kappa shape index (κ2) is 7.49. The highest BCUT2D eigenvalue weighted by atomic mass is 32.1. The first-order valence-corrected chi connectivity index (χ1v) is 7.06. The van der Waals surface area contributed by atoms with Crippen molar-refractivity contribution in [3.63, 3.8) is 0 Å². The number of hydrogen-bond donors (Lipinski definition) is 2. The van der Waals surface area contributed by atoms with E-state index in [9.17, 15) is 10.1 Å². The zero-order valence-electron chi connectivity index (χ0n) is 11.4. The number of benzene rings is 1. The number of nitro benzene ring substituents is 1. The topological polar surface area (TPSA) is 79.6 Å². The van der Waals surface area contributed by atoms with Crippen LogP contribution in [0.1, 0.15) is 19.3 Å². The lowest BCUT2D eigenvalue weighted by Crippen LogP contribution is -2.24. The molecule has 0 heterocycles. The van der Waals surface area contributed by atoms with Gasteiger partial charge in [-0.25, -0.2) is 0 Å². The Balaban J connectivity index is 1.88. The van der Waals surface area contributed by atoms with Gasteiger partial charge in [0.1, 0.15) is 5.69 Å². The van der Waals surface area contributed by atoms with Gasteiger partial charge in [0.2, 0.25) is 0 Å². The number of hydrazone groups is 1. The maximum Gasteiger partial charge on any atom is 0.292 e. The van der Waals surface area contributed by atoms with Gasteiger partial charge in [-0.05, 0) is 43.5 Å². The second-order valence-electron chi connectivity index (χ2n) is 4.66. The van der Waals surface area contributed by atoms with Crippen molar-refractivity contribution in [3.8, 4) is 0 Å². The van der Waals surface area contributed by atoms with E-state index in [0.29, 0.717) is 11.6 Å². The van der Waals surface area contributed by atoms with E-state index in [4.69, 9.17) is 12.2 Å². The molecule has 0 radical (unpaired) electrons. The van der Waals surface area contributed by atoms with Crippen LogP contribution in [0.25, 0.3) is 0 Å². The molecule has 0 saturated carbocycles. The fourth-order valence-corrected chi connectivity index (χ4v) is 2.21. The van der Waals surface area contributed by atoms with Gasteiger partial charge in [0.05, 0.1) is 4.92 Å². The maximum absolute atomic E-state index is 10.9. The van der Waals surface area contributed by atoms with Crippen molar-refractivity contribution in [2.24, 2.45) is 11.0 Å². The third-order valence-corrected chi connectivity index (χ3v) is 3.30. The van der Waals surface area contributed by atoms with E-state index in [0.717, 1.165) is 19.3 Å². The summed E-state index contributed by atoms with van der Waals surface area (Å²) >= 11 is 5.08. The molecule has 0 saturated heterocycles. The van der Waals surface area contributed by atoms with Crippen molar-refractivity contribution in [2.45, 2.75) is 19.3 Å². The largest absolute Gasteiger partial charge is 0.326 e. The molecule has 0 aliphatic heterocycles. The van der Waals surface area contributed by atoms with Gasteiger partial charge >= 0.3 is 0 Å². The lowest BCUT2D eigenvalue weighted by molar-refractivity contribution is -0.383. The number of nitrogens with one attached hydrogen (secondary N) is 2. The summed E-state index contributed by atoms with van der Waals surface area (Å²) < 4.78 is 0. The minimum absolute atomic E-state index is 0.0250. The van der Waals surface area contributed by atoms with E-state index in [-0.39, 0.29) is 10.8 Å². The number of para-hydroxylation sites is 2. The van der Waals surface area contributed by atoms with E-state index in [1.807, 2.05) is 6.21 Å². The molecule has 0 spiro atoms. The summed E-state index contributed by atoms with van der Waals surface area (Å²) in [6.07, 6.45) is 9.26. The minimum atomic E-state index is -0.456. The standard InChI is InChI=1S/C14H16N4O2S/c19-18(20)13-9-5-4-8-12(13)16-14(21)17-15-10-11-6-2-1-3-7-11/h1-2,4-5,8-11H,3,6-7H2,(H2,16,17,21)/b15-10-/t11-/m0/s1. The van der Waals surface area contributed by atoms with Crippen molar-refractivity contribution >= 4 is 34.9 Å². The van der Waals surface area contributed by atoms with Gasteiger partial charge < -0.3 is 5.32 Å². The smallest absolute Gasteiger partial charge is 0.292 e. The number of anilines is 1. The third kappa shape index (κ3) is 4.64. The van der Waals surface area contributed by atoms with Crippen molar-refractivity contribution in [3.05, 3.63) is 46.5 Å². The molecule has 0 aromatic heterocycles. The Morgan fingerprint density at radius 3 is 2.95 bits per heavy atom. The number of rotatable bonds is 4. The Morgan fingerprint density at radius 2 is 2.24 bits per heavy atom. The van der Waals surface area contributed by atoms with Gasteiger partial charge in [-0.1, -0.05) is 24.3 Å². The molecule has 110 valence electrons. The SMILES string of the molecule is O=[N+]([O-])c1ccccc1NC(=S)N/N=C\[C@H]1CC=CCC1. The summed E-state index contributed by atoms with van der Waals surface area (Å²) in [5.74, 6) is 0.413. The van der Waals surface area contributed by atoms with E-state index in [2.05, 4.69) is 28.0 Å². The fraction of sp³-hybridized carbons (Fsp3) is 0.286. The summed E-state index contributed by atoms with van der Waals surface area (Å²) in [6, 6.07) is 6.33. The molecule has 0 bridgehead atoms. The molecule has 1 aliphatic carbocycles. The molecule has 1 atom stereocenters. The van der Waals surface area contributed by atoms with Crippen LogP contribution in [0.2, 0.25) is 0 Å². The average molecular weight is 304 g/mol. The molecule has 2 N–H and O–H groups in total. The lowest BCUT2D eigenvalue weighted by Gasteiger charge is -2.12. The summed E-state index contributed by atoms with van der Waals surface area (Å²) in [6.45, 7) is 0. The van der Waals surface area contributed by atoms with Crippen LogP contribution in [0, 0.1) is 16.0 Å². The highest BCUT2D eigenvalue weighted by molar-refractivity contribution is 7.80. The summed E-state index contributed by atoms with van der Waals surface area (Å²) in [7, 11) is 0. The second-order valence-corrected chi connectivity index (χ2v) is 5.07. The Labute approximate surface area is 128 Å². The quantitative estimate of drug-likeness (QED) is 0.293. The summed E-state index contributed by atoms with van der Waals surface area (Å²) in [5.41, 5.74) is 3.01. The van der Waals surface area contributed by atoms with E-state index in [1.54, 1.807) is 18.2 Å². The predicted molar refractivity (Wildman–Crippen MR) is 87.4 cm³/mol. The number of hydrogen-bond acceptors (Lipinski definition) is 4. The van der Waals surface area contributed by atoms with Crippen LogP contribution < -0.4 is 10.7 Å². The van der Waals surface area contributed by atoms with Gasteiger partial charge in [0, 0.05) is 12.3 Å². The molecule has 2 rings (SSSR count). The Morgan fingerprint density at radius 1 is 1.43 bits per heavy atom. The molecule has 7 heteroatoms. The van der Waals surface area contributed by atoms with Crippen LogP contribution in [0.15, 0.2) is 41.5 Å². The molecule has 0 fully saturated rings. The first kappa shape index (κ1) is 15.1. The molecule has 0 amide bonds. The van der Waals surface area contributed by atoms with Crippen molar-refractivity contribution in [1.82, 2.24) is 5.43 Å². The minimum Gasteiger partial charge on any atom is -0.326 e. The van der Waals surface area contributed by atoms with Gasteiger partial charge in [0.15, 0.2) is 5.11 Å². The summed E-state index contributed by atoms with van der Waals surface area (Å²) in [5, 5.41) is 18.0. The Kier molecular flexibility index (Phi) is 5.39. The lowest BCUT2D eigenvalue weighted by atomic mass is 9.96. The van der Waals surface area contributed by atoms with E-state index >= 15 is 0 Å². The molecular weight excluding hydrogens is 288 g/mol. The molecule has 0 unspecified atom stereocenters. The van der Waals surface area contributed by atoms with Crippen LogP contribution >= 0.6 is 12.2 Å². The monoisotopic (exact) mass is 304 g/mol. The van der Waals surface area contributed by atoms with E-state index in [1.165, 1.54) is 6.07 Å². The molecule has 6 nitrogen and oxygen atoms in total. The van der Waals surface area contributed by atoms with Gasteiger partial charge in [-0.15, -0.1) is 0 Å². The van der Waals surface area contributed by atoms with Crippen molar-refractivity contribution in [2.75, 3.05) is 5.32 Å². The molecule has 21 heavy (non-hydrogen) atoms. The molecule has 1 aromatic rings. The highest BCUT2D eigenvalue weighted by Crippen LogP contribution is 2.22. The molecule has 1 aliphatic rings. The number of nitrogens with zero attached hydrogens (tertiary/aromatic N) is 2. The van der Waals surface area contributed by atoms with Crippen LogP contribution in [-0.2, 0) is 0 Å². The van der Waals surface area contributed by atoms with Crippen molar-refractivity contribution < 1.29 is 4.92 Å². The van der Waals surface area contributed by atoms with Gasteiger partial charge in [-0.3, -0.25) is 15.5 Å². The Bertz CT molecular complexity index is 586. The first-order chi connectivity index (χ1) is 10.2. The van der Waals surface area contributed by atoms with Gasteiger partial charge in [-0.2, -0.15) is 5.10 Å². The number of thiocarbonyl (C=S) groups is 1. The molecule has 1 aromatic carbocycles. The Hall–Kier alpha value is -2.28. The highest BCUT2D eigenvalue weighted by Gasteiger charge is 2.13. The predicted octanol–water partition coefficient (Wildman–Crippen LogP) is 3.22. The average Bonchev–Trinajstić information content (AvgIpc) is 2.48. The van der Waals surface area contributed by atoms with Crippen molar-refractivity contribution in [1.29, 1.82) is 0 Å². The van der Waals surface area contributed by atoms with Crippen LogP contribution in [0.4, 0.5) is 11.4 Å².